The van der Waals surface area contributed by atoms with Crippen LogP contribution in [0.15, 0.2) is 70.3 Å². The number of aliphatic imine (C=N–C) groups is 1. The fraction of sp³-hybridized carbons (Fsp3) is 0.300. The number of halogens is 2. The Bertz CT molecular complexity index is 1790. The van der Waals surface area contributed by atoms with E-state index in [2.05, 4.69) is 32.1 Å². The normalized spacial score (nSPS) is 17.2. The Morgan fingerprint density at radius 1 is 1.21 bits per heavy atom. The van der Waals surface area contributed by atoms with E-state index in [1.807, 2.05) is 25.1 Å². The molecule has 1 aliphatic heterocycles. The first-order valence-corrected chi connectivity index (χ1v) is 13.6. The van der Waals surface area contributed by atoms with Gasteiger partial charge < -0.3 is 20.5 Å². The lowest BCUT2D eigenvalue weighted by molar-refractivity contribution is -0.116. The topological polar surface area (TPSA) is 127 Å². The van der Waals surface area contributed by atoms with Crippen LogP contribution in [0.1, 0.15) is 60.0 Å². The molecule has 1 saturated heterocycles. The molecular formula is C30H30F2N8O2. The van der Waals surface area contributed by atoms with Gasteiger partial charge in [0.1, 0.15) is 5.82 Å². The van der Waals surface area contributed by atoms with Crippen LogP contribution in [0.5, 0.6) is 0 Å². The van der Waals surface area contributed by atoms with Gasteiger partial charge in [-0.2, -0.15) is 10.1 Å². The highest BCUT2D eigenvalue weighted by molar-refractivity contribution is 6.24. The Labute approximate surface area is 240 Å². The van der Waals surface area contributed by atoms with Crippen LogP contribution in [-0.2, 0) is 0 Å². The number of pyridine rings is 1. The van der Waals surface area contributed by atoms with Gasteiger partial charge in [0, 0.05) is 40.3 Å². The molecule has 1 saturated carbocycles. The first-order valence-electron chi connectivity index (χ1n) is 13.6. The average molecular weight is 573 g/mol. The van der Waals surface area contributed by atoms with Crippen molar-refractivity contribution in [3.8, 4) is 11.4 Å². The van der Waals surface area contributed by atoms with E-state index in [4.69, 9.17) is 10.3 Å². The van der Waals surface area contributed by atoms with Crippen LogP contribution in [0.2, 0.25) is 0 Å². The number of carbonyl (C=O) groups excluding carboxylic acids is 1. The van der Waals surface area contributed by atoms with Crippen molar-refractivity contribution in [3.05, 3.63) is 83.4 Å². The largest absolute Gasteiger partial charge is 0.402 e. The van der Waals surface area contributed by atoms with Crippen molar-refractivity contribution in [1.82, 2.24) is 24.7 Å². The Morgan fingerprint density at radius 3 is 2.67 bits per heavy atom. The third kappa shape index (κ3) is 5.27. The first-order chi connectivity index (χ1) is 20.0. The highest BCUT2D eigenvalue weighted by atomic mass is 19.3. The van der Waals surface area contributed by atoms with Gasteiger partial charge >= 0.3 is 0 Å². The highest BCUT2D eigenvalue weighted by Crippen LogP contribution is 2.39. The lowest BCUT2D eigenvalue weighted by atomic mass is 10.00. The number of aromatic nitrogens is 4. The molecule has 0 atom stereocenters. The number of nitrogens with zero attached hydrogens (tertiary/aromatic N) is 6. The van der Waals surface area contributed by atoms with Crippen molar-refractivity contribution in [2.24, 2.45) is 10.7 Å². The molecule has 4 aromatic rings. The molecule has 42 heavy (non-hydrogen) atoms. The number of allylic oxidation sites excluding steroid dienone is 2. The molecule has 2 aliphatic rings. The summed E-state index contributed by atoms with van der Waals surface area (Å²) in [5.74, 6) is -1.37. The molecule has 0 spiro atoms. The molecule has 0 radical (unpaired) electrons. The van der Waals surface area contributed by atoms with Crippen molar-refractivity contribution >= 4 is 28.4 Å². The summed E-state index contributed by atoms with van der Waals surface area (Å²) in [5, 5.41) is 11.4. The molecule has 2 fully saturated rings. The minimum Gasteiger partial charge on any atom is -0.402 e. The summed E-state index contributed by atoms with van der Waals surface area (Å²) in [6.07, 6.45) is 5.34. The van der Waals surface area contributed by atoms with Gasteiger partial charge in [-0.25, -0.2) is 18.3 Å². The summed E-state index contributed by atoms with van der Waals surface area (Å²) in [7, 11) is 0. The zero-order valence-electron chi connectivity index (χ0n) is 23.5. The second-order valence-corrected chi connectivity index (χ2v) is 10.9. The summed E-state index contributed by atoms with van der Waals surface area (Å²) >= 11 is 0. The Hall–Kier alpha value is -4.87. The van der Waals surface area contributed by atoms with Crippen molar-refractivity contribution in [2.75, 3.05) is 18.4 Å². The number of amides is 1. The number of rotatable bonds is 8. The third-order valence-electron chi connectivity index (χ3n) is 7.43. The summed E-state index contributed by atoms with van der Waals surface area (Å²) in [4.78, 5) is 23.9. The van der Waals surface area contributed by atoms with Crippen LogP contribution < -0.4 is 11.1 Å². The highest BCUT2D eigenvalue weighted by Gasteiger charge is 2.44. The molecule has 10 nitrogen and oxygen atoms in total. The van der Waals surface area contributed by atoms with Crippen molar-refractivity contribution in [1.29, 1.82) is 0 Å². The molecule has 216 valence electrons. The van der Waals surface area contributed by atoms with Crippen LogP contribution in [0, 0.1) is 6.92 Å². The SMILES string of the molecule is C=C(/N=C(C)\C(=C(\C)N)c1ccn2ncc(C(=O)Nc3cc(-c4noc(C5CC5)n4)ccc3C)c2c1)N1CC(F)(F)C1. The first kappa shape index (κ1) is 27.3. The van der Waals surface area contributed by atoms with Gasteiger partial charge in [-0.3, -0.25) is 4.79 Å². The fourth-order valence-electron chi connectivity index (χ4n) is 4.98. The average Bonchev–Trinajstić information content (AvgIpc) is 3.49. The summed E-state index contributed by atoms with van der Waals surface area (Å²) in [6.45, 7) is 8.39. The maximum atomic E-state index is 13.5. The molecule has 0 bridgehead atoms. The van der Waals surface area contributed by atoms with Crippen LogP contribution in [0.4, 0.5) is 14.5 Å². The van der Waals surface area contributed by atoms with Gasteiger partial charge in [-0.05, 0) is 62.9 Å². The van der Waals surface area contributed by atoms with Crippen LogP contribution in [0.3, 0.4) is 0 Å². The third-order valence-corrected chi connectivity index (χ3v) is 7.43. The van der Waals surface area contributed by atoms with Crippen LogP contribution in [-0.4, -0.2) is 55.3 Å². The second kappa shape index (κ2) is 10.2. The monoisotopic (exact) mass is 572 g/mol. The van der Waals surface area contributed by atoms with Gasteiger partial charge in [0.25, 0.3) is 11.8 Å². The Morgan fingerprint density at radius 2 is 1.98 bits per heavy atom. The molecule has 6 rings (SSSR count). The van der Waals surface area contributed by atoms with Gasteiger partial charge in [-0.1, -0.05) is 23.9 Å². The number of carbonyl (C=O) groups is 1. The fourth-order valence-corrected chi connectivity index (χ4v) is 4.98. The molecular weight excluding hydrogens is 542 g/mol. The zero-order valence-corrected chi connectivity index (χ0v) is 23.5. The van der Waals surface area contributed by atoms with E-state index in [0.29, 0.717) is 56.9 Å². The molecule has 1 aromatic carbocycles. The van der Waals surface area contributed by atoms with Crippen molar-refractivity contribution < 1.29 is 18.1 Å². The molecule has 1 amide bonds. The number of nitrogens with two attached hydrogens (primary N) is 1. The van der Waals surface area contributed by atoms with Crippen LogP contribution in [0.25, 0.3) is 22.5 Å². The number of aryl methyl sites for hydroxylation is 1. The Kier molecular flexibility index (Phi) is 6.63. The van der Waals surface area contributed by atoms with E-state index in [1.54, 1.807) is 36.7 Å². The van der Waals surface area contributed by atoms with Crippen molar-refractivity contribution in [3.63, 3.8) is 0 Å². The number of likely N-dealkylation sites (tertiary alicyclic amines) is 1. The van der Waals surface area contributed by atoms with E-state index in [-0.39, 0.29) is 11.7 Å². The van der Waals surface area contributed by atoms with E-state index in [9.17, 15) is 13.6 Å². The minimum absolute atomic E-state index is 0.241. The standard InChI is InChI=1S/C30H30F2N8O2/c1-16-5-6-22(27-37-29(42-38-27)20-7-8-20)11-24(16)36-28(41)23-13-34-40-10-9-21(12-25(23)40)26(17(2)33)18(3)35-19(4)39-14-30(31,32)15-39/h5-6,9-13,20H,4,7-8,14-15,33H2,1-3H3,(H,36,41)/b26-17+,35-18-. The van der Waals surface area contributed by atoms with Gasteiger partial charge in [0.05, 0.1) is 30.4 Å². The smallest absolute Gasteiger partial charge is 0.282 e. The van der Waals surface area contributed by atoms with Crippen LogP contribution >= 0.6 is 0 Å². The maximum absolute atomic E-state index is 13.5. The molecule has 12 heteroatoms. The predicted molar refractivity (Wildman–Crippen MR) is 155 cm³/mol. The maximum Gasteiger partial charge on any atom is 0.282 e. The quantitative estimate of drug-likeness (QED) is 0.271. The predicted octanol–water partition coefficient (Wildman–Crippen LogP) is 5.40. The van der Waals surface area contributed by atoms with E-state index in [0.717, 1.165) is 24.0 Å². The van der Waals surface area contributed by atoms with E-state index < -0.39 is 19.0 Å². The molecule has 4 heterocycles. The van der Waals surface area contributed by atoms with Gasteiger partial charge in [-0.15, -0.1) is 0 Å². The summed E-state index contributed by atoms with van der Waals surface area (Å²) in [6, 6.07) is 9.22. The minimum atomic E-state index is -2.73. The number of benzene rings is 1. The zero-order chi connectivity index (χ0) is 29.8. The second-order valence-electron chi connectivity index (χ2n) is 10.9. The summed E-state index contributed by atoms with van der Waals surface area (Å²) < 4.78 is 33.7. The number of hydrogen-bond donors (Lipinski definition) is 2. The lowest BCUT2D eigenvalue weighted by Crippen LogP contribution is -2.54. The molecule has 3 N–H and O–H groups in total. The van der Waals surface area contributed by atoms with Gasteiger partial charge in [0.15, 0.2) is 0 Å². The molecule has 3 aromatic heterocycles. The number of fused-ring (bicyclic) bond motifs is 1. The molecule has 0 unspecified atom stereocenters. The van der Waals surface area contributed by atoms with Gasteiger partial charge in [0.2, 0.25) is 11.7 Å². The molecule has 1 aliphatic carbocycles. The number of anilines is 1. The number of nitrogens with one attached hydrogen (secondary N) is 1. The summed E-state index contributed by atoms with van der Waals surface area (Å²) in [5.41, 5.74) is 11.7. The number of hydrogen-bond acceptors (Lipinski definition) is 8. The van der Waals surface area contributed by atoms with Crippen molar-refractivity contribution in [2.45, 2.75) is 45.5 Å². The Balaban J connectivity index is 1.26. The lowest BCUT2D eigenvalue weighted by Gasteiger charge is -2.40. The number of alkyl halides is 2. The van der Waals surface area contributed by atoms with E-state index in [1.165, 1.54) is 11.1 Å². The van der Waals surface area contributed by atoms with E-state index >= 15 is 0 Å².